The molecular weight excluding hydrogens is 442 g/mol. The van der Waals surface area contributed by atoms with E-state index in [1.807, 2.05) is 6.07 Å². The number of carbonyl (C=O) groups is 2. The maximum absolute atomic E-state index is 13.0. The van der Waals surface area contributed by atoms with Gasteiger partial charge in [-0.1, -0.05) is 26.0 Å². The molecule has 176 valence electrons. The topological polar surface area (TPSA) is 96.0 Å². The molecule has 0 unspecified atom stereocenters. The normalized spacial score (nSPS) is 21.6. The van der Waals surface area contributed by atoms with Crippen LogP contribution in [-0.4, -0.2) is 50.8 Å². The van der Waals surface area contributed by atoms with E-state index in [9.17, 15) is 18.0 Å². The highest BCUT2D eigenvalue weighted by Crippen LogP contribution is 2.31. The minimum atomic E-state index is -3.59. The van der Waals surface area contributed by atoms with Crippen molar-refractivity contribution in [1.82, 2.24) is 4.31 Å². The van der Waals surface area contributed by atoms with Gasteiger partial charge in [0.15, 0.2) is 0 Å². The maximum Gasteiger partial charge on any atom is 0.244 e. The predicted octanol–water partition coefficient (Wildman–Crippen LogP) is 3.11. The molecule has 0 bridgehead atoms. The summed E-state index contributed by atoms with van der Waals surface area (Å²) in [5, 5.41) is 2.75. The lowest BCUT2D eigenvalue weighted by Gasteiger charge is -2.34. The number of carbonyl (C=O) groups excluding carboxylic acids is 2. The van der Waals surface area contributed by atoms with E-state index >= 15 is 0 Å². The Bertz CT molecular complexity index is 1120. The Labute approximate surface area is 194 Å². The fourth-order valence-electron chi connectivity index (χ4n) is 4.50. The van der Waals surface area contributed by atoms with Gasteiger partial charge >= 0.3 is 0 Å². The lowest BCUT2D eigenvalue weighted by atomic mass is 9.94. The van der Waals surface area contributed by atoms with Crippen molar-refractivity contribution in [3.8, 4) is 5.75 Å². The molecule has 1 N–H and O–H groups in total. The molecule has 0 radical (unpaired) electrons. The van der Waals surface area contributed by atoms with Crippen LogP contribution in [-0.2, 0) is 19.6 Å². The van der Waals surface area contributed by atoms with Crippen molar-refractivity contribution in [3.63, 3.8) is 0 Å². The van der Waals surface area contributed by atoms with Gasteiger partial charge in [0.05, 0.1) is 23.6 Å². The zero-order valence-corrected chi connectivity index (χ0v) is 19.7. The first kappa shape index (κ1) is 23.3. The minimum absolute atomic E-state index is 0.164. The van der Waals surface area contributed by atoms with Crippen LogP contribution in [0.1, 0.15) is 26.7 Å². The van der Waals surface area contributed by atoms with Gasteiger partial charge in [0, 0.05) is 18.8 Å². The van der Waals surface area contributed by atoms with Crippen molar-refractivity contribution in [2.75, 3.05) is 36.5 Å². The number of benzene rings is 2. The summed E-state index contributed by atoms with van der Waals surface area (Å²) in [5.41, 5.74) is 1.02. The Balaban J connectivity index is 1.44. The van der Waals surface area contributed by atoms with Crippen LogP contribution < -0.4 is 15.0 Å². The molecule has 2 aliphatic rings. The molecule has 1 saturated heterocycles. The fraction of sp³-hybridized carbons (Fsp3) is 0.417. The average molecular weight is 472 g/mol. The van der Waals surface area contributed by atoms with Gasteiger partial charge in [0.2, 0.25) is 21.8 Å². The van der Waals surface area contributed by atoms with Gasteiger partial charge in [0.25, 0.3) is 0 Å². The molecule has 1 fully saturated rings. The van der Waals surface area contributed by atoms with Crippen molar-refractivity contribution in [2.24, 2.45) is 11.8 Å². The molecule has 4 rings (SSSR count). The molecule has 0 saturated carbocycles. The summed E-state index contributed by atoms with van der Waals surface area (Å²) in [6, 6.07) is 13.3. The number of ether oxygens (including phenoxy) is 1. The number of fused-ring (bicyclic) bond motifs is 1. The minimum Gasteiger partial charge on any atom is -0.491 e. The standard InChI is InChI=1S/C24H29N3O5S/c1-17-13-18(2)15-26(14-17)33(30,31)20-9-7-19(8-10-20)25-23(28)16-27-21-5-3-4-6-22(21)32-12-11-24(27)29/h3-10,17-18H,11-16H2,1-2H3,(H,25,28)/t17-,18+. The summed E-state index contributed by atoms with van der Waals surface area (Å²) >= 11 is 0. The van der Waals surface area contributed by atoms with Crippen LogP contribution in [0.5, 0.6) is 5.75 Å². The van der Waals surface area contributed by atoms with Crippen molar-refractivity contribution in [1.29, 1.82) is 0 Å². The molecule has 2 amide bonds. The third-order valence-electron chi connectivity index (χ3n) is 5.94. The fourth-order valence-corrected chi connectivity index (χ4v) is 6.18. The summed E-state index contributed by atoms with van der Waals surface area (Å²) in [4.78, 5) is 26.8. The third kappa shape index (κ3) is 5.20. The number of anilines is 2. The number of hydrogen-bond donors (Lipinski definition) is 1. The van der Waals surface area contributed by atoms with Gasteiger partial charge < -0.3 is 10.1 Å². The molecule has 8 nitrogen and oxygen atoms in total. The number of nitrogens with zero attached hydrogens (tertiary/aromatic N) is 2. The maximum atomic E-state index is 13.0. The number of rotatable bonds is 5. The zero-order chi connectivity index (χ0) is 23.6. The van der Waals surface area contributed by atoms with Gasteiger partial charge in [-0.25, -0.2) is 8.42 Å². The number of sulfonamides is 1. The van der Waals surface area contributed by atoms with Crippen LogP contribution >= 0.6 is 0 Å². The van der Waals surface area contributed by atoms with Gasteiger partial charge in [-0.2, -0.15) is 4.31 Å². The smallest absolute Gasteiger partial charge is 0.244 e. The lowest BCUT2D eigenvalue weighted by molar-refractivity contribution is -0.121. The summed E-state index contributed by atoms with van der Waals surface area (Å²) in [6.07, 6.45) is 1.20. The Morgan fingerprint density at radius 1 is 1.06 bits per heavy atom. The van der Waals surface area contributed by atoms with Crippen LogP contribution in [0.2, 0.25) is 0 Å². The number of amides is 2. The molecule has 9 heteroatoms. The summed E-state index contributed by atoms with van der Waals surface area (Å²) in [6.45, 7) is 5.26. The van der Waals surface area contributed by atoms with Crippen molar-refractivity contribution < 1.29 is 22.7 Å². The second-order valence-corrected chi connectivity index (χ2v) is 10.8. The lowest BCUT2D eigenvalue weighted by Crippen LogP contribution is -2.42. The highest BCUT2D eigenvalue weighted by Gasteiger charge is 2.31. The van der Waals surface area contributed by atoms with E-state index in [0.29, 0.717) is 42.0 Å². The van der Waals surface area contributed by atoms with Crippen molar-refractivity contribution >= 4 is 33.2 Å². The molecule has 33 heavy (non-hydrogen) atoms. The monoisotopic (exact) mass is 471 g/mol. The van der Waals surface area contributed by atoms with Gasteiger partial charge in [-0.05, 0) is 54.7 Å². The van der Waals surface area contributed by atoms with Crippen LogP contribution in [0, 0.1) is 11.8 Å². The molecule has 2 aliphatic heterocycles. The van der Waals surface area contributed by atoms with Gasteiger partial charge in [-0.3, -0.25) is 14.5 Å². The summed E-state index contributed by atoms with van der Waals surface area (Å²) in [7, 11) is -3.59. The number of nitrogens with one attached hydrogen (secondary N) is 1. The first-order valence-electron chi connectivity index (χ1n) is 11.2. The Morgan fingerprint density at radius 2 is 1.73 bits per heavy atom. The molecule has 0 spiro atoms. The first-order chi connectivity index (χ1) is 15.7. The molecule has 2 atom stereocenters. The molecule has 0 aromatic heterocycles. The van der Waals surface area contributed by atoms with Crippen LogP contribution in [0.15, 0.2) is 53.4 Å². The van der Waals surface area contributed by atoms with E-state index in [1.54, 1.807) is 34.6 Å². The Hall–Kier alpha value is -2.91. The molecular formula is C24H29N3O5S. The van der Waals surface area contributed by atoms with Crippen molar-refractivity contribution in [2.45, 2.75) is 31.6 Å². The quantitative estimate of drug-likeness (QED) is 0.723. The van der Waals surface area contributed by atoms with E-state index in [-0.39, 0.29) is 36.3 Å². The highest BCUT2D eigenvalue weighted by atomic mass is 32.2. The Morgan fingerprint density at radius 3 is 2.42 bits per heavy atom. The van der Waals surface area contributed by atoms with E-state index in [2.05, 4.69) is 19.2 Å². The van der Waals surface area contributed by atoms with E-state index < -0.39 is 10.0 Å². The molecule has 2 aromatic rings. The largest absolute Gasteiger partial charge is 0.491 e. The molecule has 2 aromatic carbocycles. The SMILES string of the molecule is C[C@@H]1C[C@H](C)CN(S(=O)(=O)c2ccc(NC(=O)CN3C(=O)CCOc4ccccc43)cc2)C1. The summed E-state index contributed by atoms with van der Waals surface area (Å²) < 4.78 is 33.2. The van der Waals surface area contributed by atoms with E-state index in [1.165, 1.54) is 17.0 Å². The second-order valence-electron chi connectivity index (χ2n) is 8.89. The van der Waals surface area contributed by atoms with E-state index in [4.69, 9.17) is 4.74 Å². The summed E-state index contributed by atoms with van der Waals surface area (Å²) in [5.74, 6) is 0.626. The highest BCUT2D eigenvalue weighted by molar-refractivity contribution is 7.89. The van der Waals surface area contributed by atoms with Crippen LogP contribution in [0.25, 0.3) is 0 Å². The van der Waals surface area contributed by atoms with E-state index in [0.717, 1.165) is 6.42 Å². The molecule has 0 aliphatic carbocycles. The first-order valence-corrected chi connectivity index (χ1v) is 12.6. The second kappa shape index (κ2) is 9.52. The number of hydrogen-bond acceptors (Lipinski definition) is 5. The average Bonchev–Trinajstić information content (AvgIpc) is 2.92. The van der Waals surface area contributed by atoms with Gasteiger partial charge in [0.1, 0.15) is 12.3 Å². The number of piperidine rings is 1. The predicted molar refractivity (Wildman–Crippen MR) is 126 cm³/mol. The van der Waals surface area contributed by atoms with Crippen molar-refractivity contribution in [3.05, 3.63) is 48.5 Å². The van der Waals surface area contributed by atoms with Gasteiger partial charge in [-0.15, -0.1) is 0 Å². The Kier molecular flexibility index (Phi) is 6.71. The zero-order valence-electron chi connectivity index (χ0n) is 18.9. The number of para-hydroxylation sites is 2. The third-order valence-corrected chi connectivity index (χ3v) is 7.79. The van der Waals surface area contributed by atoms with Crippen LogP contribution in [0.4, 0.5) is 11.4 Å². The van der Waals surface area contributed by atoms with Crippen LogP contribution in [0.3, 0.4) is 0 Å². The molecule has 2 heterocycles.